The minimum Gasteiger partial charge on any atom is -0.366 e. The Bertz CT molecular complexity index is 839. The summed E-state index contributed by atoms with van der Waals surface area (Å²) in [5, 5.41) is 7.46. The van der Waals surface area contributed by atoms with Crippen LogP contribution in [-0.2, 0) is 0 Å². The standard InChI is InChI=1S/C17H16N4S/c1-12(6-5-7-14-10-22-13(2)21-14)20-17-15-8-3-4-9-16(15)18-11-19-17/h3-4,8-12H,6H2,1-2H3,(H,18,19,20). The zero-order valence-corrected chi connectivity index (χ0v) is 13.3. The van der Waals surface area contributed by atoms with E-state index in [1.54, 1.807) is 17.7 Å². The molecule has 110 valence electrons. The third-order valence-electron chi connectivity index (χ3n) is 3.17. The molecule has 0 radical (unpaired) electrons. The third kappa shape index (κ3) is 3.41. The first-order chi connectivity index (χ1) is 10.7. The lowest BCUT2D eigenvalue weighted by molar-refractivity contribution is 0.822. The van der Waals surface area contributed by atoms with Gasteiger partial charge >= 0.3 is 0 Å². The fraction of sp³-hybridized carbons (Fsp3) is 0.235. The molecule has 0 amide bonds. The molecule has 0 saturated heterocycles. The number of aryl methyl sites for hydroxylation is 1. The summed E-state index contributed by atoms with van der Waals surface area (Å²) in [5.74, 6) is 7.12. The number of benzene rings is 1. The van der Waals surface area contributed by atoms with Crippen molar-refractivity contribution in [2.45, 2.75) is 26.3 Å². The molecule has 0 aliphatic heterocycles. The molecule has 0 aliphatic carbocycles. The Morgan fingerprint density at radius 1 is 1.27 bits per heavy atom. The summed E-state index contributed by atoms with van der Waals surface area (Å²) in [6.07, 6.45) is 2.32. The Balaban J connectivity index is 1.68. The minimum absolute atomic E-state index is 0.200. The van der Waals surface area contributed by atoms with E-state index >= 15 is 0 Å². The van der Waals surface area contributed by atoms with E-state index in [1.165, 1.54) is 0 Å². The Kier molecular flexibility index (Phi) is 4.31. The van der Waals surface area contributed by atoms with E-state index in [1.807, 2.05) is 36.6 Å². The highest BCUT2D eigenvalue weighted by Crippen LogP contribution is 2.19. The van der Waals surface area contributed by atoms with Crippen molar-refractivity contribution in [3.8, 4) is 11.8 Å². The molecule has 4 nitrogen and oxygen atoms in total. The van der Waals surface area contributed by atoms with Gasteiger partial charge in [0, 0.05) is 23.2 Å². The van der Waals surface area contributed by atoms with Crippen molar-refractivity contribution in [1.82, 2.24) is 15.0 Å². The maximum absolute atomic E-state index is 4.34. The van der Waals surface area contributed by atoms with Crippen molar-refractivity contribution in [2.24, 2.45) is 0 Å². The molecule has 0 spiro atoms. The molecule has 1 unspecified atom stereocenters. The van der Waals surface area contributed by atoms with Crippen LogP contribution in [0.1, 0.15) is 24.0 Å². The molecule has 0 aliphatic rings. The molecule has 2 aromatic heterocycles. The predicted octanol–water partition coefficient (Wildman–Crippen LogP) is 3.64. The smallest absolute Gasteiger partial charge is 0.137 e. The van der Waals surface area contributed by atoms with Crippen molar-refractivity contribution in [1.29, 1.82) is 0 Å². The molecule has 0 bridgehead atoms. The van der Waals surface area contributed by atoms with Crippen LogP contribution >= 0.6 is 11.3 Å². The molecular weight excluding hydrogens is 292 g/mol. The summed E-state index contributed by atoms with van der Waals surface area (Å²) >= 11 is 1.62. The maximum Gasteiger partial charge on any atom is 0.137 e. The first-order valence-corrected chi connectivity index (χ1v) is 7.97. The van der Waals surface area contributed by atoms with E-state index in [0.717, 1.165) is 33.8 Å². The van der Waals surface area contributed by atoms with Crippen LogP contribution in [-0.4, -0.2) is 21.0 Å². The van der Waals surface area contributed by atoms with Gasteiger partial charge in [0.2, 0.25) is 0 Å². The van der Waals surface area contributed by atoms with Gasteiger partial charge in [-0.15, -0.1) is 11.3 Å². The number of para-hydroxylation sites is 1. The second-order valence-electron chi connectivity index (χ2n) is 5.04. The average Bonchev–Trinajstić information content (AvgIpc) is 2.93. The first kappa shape index (κ1) is 14.5. The molecule has 0 saturated carbocycles. The highest BCUT2D eigenvalue weighted by atomic mass is 32.1. The highest BCUT2D eigenvalue weighted by Gasteiger charge is 2.06. The number of rotatable bonds is 3. The lowest BCUT2D eigenvalue weighted by atomic mass is 10.2. The van der Waals surface area contributed by atoms with Gasteiger partial charge in [-0.1, -0.05) is 18.1 Å². The Morgan fingerprint density at radius 2 is 2.14 bits per heavy atom. The fourth-order valence-electron chi connectivity index (χ4n) is 2.12. The highest BCUT2D eigenvalue weighted by molar-refractivity contribution is 7.09. The Labute approximate surface area is 133 Å². The lowest BCUT2D eigenvalue weighted by Crippen LogP contribution is -2.15. The van der Waals surface area contributed by atoms with Gasteiger partial charge in [-0.05, 0) is 31.9 Å². The van der Waals surface area contributed by atoms with Crippen molar-refractivity contribution in [3.05, 3.63) is 46.7 Å². The normalized spacial score (nSPS) is 11.7. The topological polar surface area (TPSA) is 50.7 Å². The summed E-state index contributed by atoms with van der Waals surface area (Å²) in [6.45, 7) is 4.08. The lowest BCUT2D eigenvalue weighted by Gasteiger charge is -2.13. The van der Waals surface area contributed by atoms with Crippen LogP contribution in [0.4, 0.5) is 5.82 Å². The SMILES string of the molecule is Cc1nc(C#CCC(C)Nc2ncnc3ccccc23)cs1. The van der Waals surface area contributed by atoms with Crippen molar-refractivity contribution in [3.63, 3.8) is 0 Å². The monoisotopic (exact) mass is 308 g/mol. The summed E-state index contributed by atoms with van der Waals surface area (Å²) in [4.78, 5) is 12.9. The minimum atomic E-state index is 0.200. The molecule has 22 heavy (non-hydrogen) atoms. The molecule has 0 fully saturated rings. The molecule has 3 aromatic rings. The largest absolute Gasteiger partial charge is 0.366 e. The van der Waals surface area contributed by atoms with E-state index in [0.29, 0.717) is 0 Å². The Morgan fingerprint density at radius 3 is 2.95 bits per heavy atom. The van der Waals surface area contributed by atoms with E-state index in [-0.39, 0.29) is 6.04 Å². The van der Waals surface area contributed by atoms with E-state index in [9.17, 15) is 0 Å². The molecule has 1 N–H and O–H groups in total. The second kappa shape index (κ2) is 6.54. The number of hydrogen-bond donors (Lipinski definition) is 1. The first-order valence-electron chi connectivity index (χ1n) is 7.09. The third-order valence-corrected chi connectivity index (χ3v) is 3.94. The van der Waals surface area contributed by atoms with Gasteiger partial charge in [0.1, 0.15) is 17.8 Å². The molecule has 1 atom stereocenters. The summed E-state index contributed by atoms with van der Waals surface area (Å²) in [7, 11) is 0. The Hall–Kier alpha value is -2.45. The van der Waals surface area contributed by atoms with Crippen LogP contribution in [0.5, 0.6) is 0 Å². The second-order valence-corrected chi connectivity index (χ2v) is 6.10. The predicted molar refractivity (Wildman–Crippen MR) is 91.0 cm³/mol. The van der Waals surface area contributed by atoms with Crippen LogP contribution < -0.4 is 5.32 Å². The van der Waals surface area contributed by atoms with E-state index < -0.39 is 0 Å². The van der Waals surface area contributed by atoms with Crippen LogP contribution in [0.25, 0.3) is 10.9 Å². The van der Waals surface area contributed by atoms with Crippen LogP contribution in [0.15, 0.2) is 36.0 Å². The van der Waals surface area contributed by atoms with Crippen LogP contribution in [0, 0.1) is 18.8 Å². The van der Waals surface area contributed by atoms with Crippen molar-refractivity contribution < 1.29 is 0 Å². The van der Waals surface area contributed by atoms with Crippen LogP contribution in [0.2, 0.25) is 0 Å². The molecule has 5 heteroatoms. The average molecular weight is 308 g/mol. The summed E-state index contributed by atoms with van der Waals surface area (Å²) in [6, 6.07) is 8.17. The molecule has 3 rings (SSSR count). The number of anilines is 1. The molecule has 2 heterocycles. The van der Waals surface area contributed by atoms with Gasteiger partial charge in [-0.25, -0.2) is 15.0 Å². The van der Waals surface area contributed by atoms with Crippen LogP contribution in [0.3, 0.4) is 0 Å². The number of aromatic nitrogens is 3. The zero-order chi connectivity index (χ0) is 15.4. The van der Waals surface area contributed by atoms with Gasteiger partial charge in [0.25, 0.3) is 0 Å². The summed E-state index contributed by atoms with van der Waals surface area (Å²) in [5.41, 5.74) is 1.79. The number of nitrogens with zero attached hydrogens (tertiary/aromatic N) is 3. The quantitative estimate of drug-likeness (QED) is 0.751. The number of hydrogen-bond acceptors (Lipinski definition) is 5. The molecule has 1 aromatic carbocycles. The number of thiazole rings is 1. The number of nitrogens with one attached hydrogen (secondary N) is 1. The van der Waals surface area contributed by atoms with Crippen molar-refractivity contribution >= 4 is 28.1 Å². The van der Waals surface area contributed by atoms with Gasteiger partial charge in [0.15, 0.2) is 0 Å². The maximum atomic E-state index is 4.34. The van der Waals surface area contributed by atoms with E-state index in [4.69, 9.17) is 0 Å². The van der Waals surface area contributed by atoms with Gasteiger partial charge in [0.05, 0.1) is 10.5 Å². The fourth-order valence-corrected chi connectivity index (χ4v) is 2.66. The van der Waals surface area contributed by atoms with E-state index in [2.05, 4.69) is 39.0 Å². The molecular formula is C17H16N4S. The van der Waals surface area contributed by atoms with Crippen molar-refractivity contribution in [2.75, 3.05) is 5.32 Å². The summed E-state index contributed by atoms with van der Waals surface area (Å²) < 4.78 is 0. The van der Waals surface area contributed by atoms with Gasteiger partial charge < -0.3 is 5.32 Å². The van der Waals surface area contributed by atoms with Gasteiger partial charge in [-0.3, -0.25) is 0 Å². The van der Waals surface area contributed by atoms with Gasteiger partial charge in [-0.2, -0.15) is 0 Å². The number of fused-ring (bicyclic) bond motifs is 1. The zero-order valence-electron chi connectivity index (χ0n) is 12.5.